The Kier molecular flexibility index (Phi) is 20.7. The van der Waals surface area contributed by atoms with Crippen molar-refractivity contribution in [3.63, 3.8) is 0 Å². The van der Waals surface area contributed by atoms with Crippen LogP contribution in [-0.4, -0.2) is 40.3 Å². The average Bonchev–Trinajstić information content (AvgIpc) is 2.64. The Morgan fingerprint density at radius 2 is 1.15 bits per heavy atom. The standard InChI is InChI=1S/C21H40O5.H2O/c1-3-5-7-9-11-13-15-18(16-14-12-10-8-6-4-2)20(24)26-21(25)19(23)17-22;/h18-19,22-23H,3-17H2,1-2H3;1H2. The van der Waals surface area contributed by atoms with Crippen molar-refractivity contribution >= 4 is 11.9 Å². The monoisotopic (exact) mass is 390 g/mol. The van der Waals surface area contributed by atoms with Gasteiger partial charge in [-0.3, -0.25) is 4.79 Å². The van der Waals surface area contributed by atoms with Gasteiger partial charge in [-0.15, -0.1) is 0 Å². The van der Waals surface area contributed by atoms with Crippen LogP contribution in [0.3, 0.4) is 0 Å². The fourth-order valence-corrected chi connectivity index (χ4v) is 3.05. The van der Waals surface area contributed by atoms with E-state index in [4.69, 9.17) is 9.84 Å². The molecule has 0 aromatic heterocycles. The molecular formula is C21H42O6. The molecule has 0 aromatic rings. The van der Waals surface area contributed by atoms with Crippen LogP contribution in [0.2, 0.25) is 0 Å². The van der Waals surface area contributed by atoms with Gasteiger partial charge in [0.1, 0.15) is 0 Å². The van der Waals surface area contributed by atoms with Gasteiger partial charge in [0, 0.05) is 0 Å². The Labute approximate surface area is 165 Å². The first-order valence-corrected chi connectivity index (χ1v) is 10.6. The van der Waals surface area contributed by atoms with E-state index in [1.165, 1.54) is 51.4 Å². The minimum atomic E-state index is -1.64. The van der Waals surface area contributed by atoms with E-state index in [9.17, 15) is 14.7 Å². The molecule has 0 amide bonds. The molecular weight excluding hydrogens is 348 g/mol. The zero-order valence-electron chi connectivity index (χ0n) is 17.4. The number of aliphatic hydroxyl groups is 2. The summed E-state index contributed by atoms with van der Waals surface area (Å²) in [4.78, 5) is 23.8. The lowest BCUT2D eigenvalue weighted by molar-refractivity contribution is -0.170. The van der Waals surface area contributed by atoms with E-state index in [1.54, 1.807) is 0 Å². The molecule has 1 unspecified atom stereocenters. The molecule has 6 heteroatoms. The molecule has 0 saturated carbocycles. The van der Waals surface area contributed by atoms with Crippen molar-refractivity contribution in [3.8, 4) is 0 Å². The number of ether oxygens (including phenoxy) is 1. The predicted molar refractivity (Wildman–Crippen MR) is 107 cm³/mol. The zero-order valence-corrected chi connectivity index (χ0v) is 17.4. The number of carbonyl (C=O) groups excluding carboxylic acids is 2. The lowest BCUT2D eigenvalue weighted by atomic mass is 9.94. The van der Waals surface area contributed by atoms with Crippen molar-refractivity contribution in [2.75, 3.05) is 6.61 Å². The number of esters is 2. The van der Waals surface area contributed by atoms with Crippen LogP contribution in [0.5, 0.6) is 0 Å². The molecule has 0 rings (SSSR count). The van der Waals surface area contributed by atoms with Gasteiger partial charge in [0.15, 0.2) is 6.10 Å². The summed E-state index contributed by atoms with van der Waals surface area (Å²) in [5, 5.41) is 18.1. The van der Waals surface area contributed by atoms with Crippen molar-refractivity contribution in [1.29, 1.82) is 0 Å². The molecule has 0 bridgehead atoms. The maximum absolute atomic E-state index is 12.3. The summed E-state index contributed by atoms with van der Waals surface area (Å²) in [6.45, 7) is 3.64. The molecule has 0 fully saturated rings. The quantitative estimate of drug-likeness (QED) is 0.223. The molecule has 162 valence electrons. The lowest BCUT2D eigenvalue weighted by Gasteiger charge is -2.16. The fraction of sp³-hybridized carbons (Fsp3) is 0.905. The number of carbonyl (C=O) groups is 2. The Hall–Kier alpha value is -0.980. The second kappa shape index (κ2) is 19.8. The SMILES string of the molecule is CCCCCCCCC(CCCCCCCC)C(=O)OC(=O)C(O)CO.O. The van der Waals surface area contributed by atoms with E-state index >= 15 is 0 Å². The first-order valence-electron chi connectivity index (χ1n) is 10.6. The molecule has 0 saturated heterocycles. The van der Waals surface area contributed by atoms with Gasteiger partial charge in [0.2, 0.25) is 0 Å². The van der Waals surface area contributed by atoms with E-state index in [1.807, 2.05) is 0 Å². The Bertz CT molecular complexity index is 343. The van der Waals surface area contributed by atoms with Crippen LogP contribution < -0.4 is 0 Å². The first-order chi connectivity index (χ1) is 12.6. The van der Waals surface area contributed by atoms with Gasteiger partial charge in [0.05, 0.1) is 12.5 Å². The minimum absolute atomic E-state index is 0. The molecule has 6 nitrogen and oxygen atoms in total. The van der Waals surface area contributed by atoms with E-state index in [0.29, 0.717) is 0 Å². The average molecular weight is 391 g/mol. The summed E-state index contributed by atoms with van der Waals surface area (Å²) in [7, 11) is 0. The minimum Gasteiger partial charge on any atom is -0.412 e. The predicted octanol–water partition coefficient (Wildman–Crippen LogP) is 3.70. The van der Waals surface area contributed by atoms with Gasteiger partial charge < -0.3 is 20.4 Å². The van der Waals surface area contributed by atoms with Crippen molar-refractivity contribution in [1.82, 2.24) is 0 Å². The van der Waals surface area contributed by atoms with Crippen molar-refractivity contribution in [3.05, 3.63) is 0 Å². The van der Waals surface area contributed by atoms with E-state index in [2.05, 4.69) is 13.8 Å². The topological polar surface area (TPSA) is 115 Å². The van der Waals surface area contributed by atoms with Crippen LogP contribution in [0.4, 0.5) is 0 Å². The second-order valence-electron chi connectivity index (χ2n) is 7.25. The molecule has 0 aliphatic rings. The molecule has 0 spiro atoms. The smallest absolute Gasteiger partial charge is 0.345 e. The highest BCUT2D eigenvalue weighted by Gasteiger charge is 2.25. The molecule has 0 heterocycles. The first kappa shape index (κ1) is 28.2. The number of rotatable bonds is 17. The third-order valence-electron chi connectivity index (χ3n) is 4.79. The van der Waals surface area contributed by atoms with Gasteiger partial charge in [-0.25, -0.2) is 4.79 Å². The third-order valence-corrected chi connectivity index (χ3v) is 4.79. The maximum Gasteiger partial charge on any atom is 0.345 e. The molecule has 0 aromatic carbocycles. The highest BCUT2D eigenvalue weighted by molar-refractivity contribution is 5.88. The van der Waals surface area contributed by atoms with Crippen molar-refractivity contribution in [2.45, 2.75) is 110 Å². The number of hydrogen-bond acceptors (Lipinski definition) is 5. The maximum atomic E-state index is 12.3. The van der Waals surface area contributed by atoms with Crippen LogP contribution in [0.1, 0.15) is 104 Å². The zero-order chi connectivity index (χ0) is 19.6. The molecule has 0 radical (unpaired) electrons. The Morgan fingerprint density at radius 1 is 0.741 bits per heavy atom. The van der Waals surface area contributed by atoms with Gasteiger partial charge in [-0.1, -0.05) is 90.9 Å². The molecule has 27 heavy (non-hydrogen) atoms. The van der Waals surface area contributed by atoms with Crippen LogP contribution in [-0.2, 0) is 14.3 Å². The molecule has 1 atom stereocenters. The summed E-state index contributed by atoms with van der Waals surface area (Å²) < 4.78 is 4.77. The van der Waals surface area contributed by atoms with Gasteiger partial charge in [-0.2, -0.15) is 0 Å². The highest BCUT2D eigenvalue weighted by Crippen LogP contribution is 2.21. The fourth-order valence-electron chi connectivity index (χ4n) is 3.05. The summed E-state index contributed by atoms with van der Waals surface area (Å²) in [5.74, 6) is -1.89. The van der Waals surface area contributed by atoms with Crippen molar-refractivity contribution in [2.24, 2.45) is 5.92 Å². The summed E-state index contributed by atoms with van der Waals surface area (Å²) in [5.41, 5.74) is 0. The van der Waals surface area contributed by atoms with E-state index in [-0.39, 0.29) is 11.4 Å². The summed E-state index contributed by atoms with van der Waals surface area (Å²) in [6, 6.07) is 0. The van der Waals surface area contributed by atoms with E-state index < -0.39 is 24.6 Å². The highest BCUT2D eigenvalue weighted by atomic mass is 16.6. The Morgan fingerprint density at radius 3 is 1.56 bits per heavy atom. The summed E-state index contributed by atoms with van der Waals surface area (Å²) in [6.07, 6.45) is 13.6. The number of hydrogen-bond donors (Lipinski definition) is 2. The second-order valence-corrected chi connectivity index (χ2v) is 7.25. The van der Waals surface area contributed by atoms with Crippen LogP contribution in [0.25, 0.3) is 0 Å². The van der Waals surface area contributed by atoms with Crippen LogP contribution >= 0.6 is 0 Å². The van der Waals surface area contributed by atoms with E-state index in [0.717, 1.165) is 38.5 Å². The van der Waals surface area contributed by atoms with Crippen LogP contribution in [0.15, 0.2) is 0 Å². The van der Waals surface area contributed by atoms with Gasteiger partial charge in [-0.05, 0) is 12.8 Å². The molecule has 0 aliphatic heterocycles. The lowest BCUT2D eigenvalue weighted by Crippen LogP contribution is -2.31. The van der Waals surface area contributed by atoms with Crippen molar-refractivity contribution < 1.29 is 30.0 Å². The Balaban J connectivity index is 0. The third kappa shape index (κ3) is 15.7. The number of unbranched alkanes of at least 4 members (excludes halogenated alkanes) is 10. The van der Waals surface area contributed by atoms with Crippen LogP contribution in [0, 0.1) is 5.92 Å². The largest absolute Gasteiger partial charge is 0.412 e. The van der Waals surface area contributed by atoms with Gasteiger partial charge in [0.25, 0.3) is 0 Å². The molecule has 0 aliphatic carbocycles. The van der Waals surface area contributed by atoms with Gasteiger partial charge >= 0.3 is 11.9 Å². The normalized spacial score (nSPS) is 11.9. The summed E-state index contributed by atoms with van der Waals surface area (Å²) >= 11 is 0. The molecule has 4 N–H and O–H groups in total. The number of aliphatic hydroxyl groups excluding tert-OH is 2.